The molecule has 1 saturated heterocycles. The molecule has 0 amide bonds. The lowest BCUT2D eigenvalue weighted by atomic mass is 9.98. The first-order valence-electron chi connectivity index (χ1n) is 6.54. The third-order valence-electron chi connectivity index (χ3n) is 3.77. The van der Waals surface area contributed by atoms with Gasteiger partial charge in [0.1, 0.15) is 4.83 Å². The van der Waals surface area contributed by atoms with Crippen LogP contribution in [0.1, 0.15) is 12.8 Å². The molecule has 102 valence electrons. The largest absolute Gasteiger partial charge is 0.323 e. The number of aromatic amines is 1. The van der Waals surface area contributed by atoms with Crippen LogP contribution in [0.5, 0.6) is 0 Å². The van der Waals surface area contributed by atoms with Gasteiger partial charge in [-0.25, -0.2) is 0 Å². The highest BCUT2D eigenvalue weighted by Crippen LogP contribution is 2.18. The quantitative estimate of drug-likeness (QED) is 0.865. The second-order valence-corrected chi connectivity index (χ2v) is 6.58. The summed E-state index contributed by atoms with van der Waals surface area (Å²) in [6.45, 7) is 2.93. The highest BCUT2D eigenvalue weighted by Gasteiger charge is 2.19. The van der Waals surface area contributed by atoms with Crippen molar-refractivity contribution in [2.45, 2.75) is 19.4 Å². The number of nitrogens with zero attached hydrogens (tertiary/aromatic N) is 2. The molecule has 0 aromatic carbocycles. The third-order valence-corrected chi connectivity index (χ3v) is 4.92. The summed E-state index contributed by atoms with van der Waals surface area (Å²) in [7, 11) is 2.14. The molecule has 0 aliphatic carbocycles. The van der Waals surface area contributed by atoms with Gasteiger partial charge in [-0.1, -0.05) is 0 Å². The Morgan fingerprint density at radius 2 is 2.42 bits per heavy atom. The summed E-state index contributed by atoms with van der Waals surface area (Å²) in [4.78, 5) is 18.8. The normalized spacial score (nSPS) is 21.0. The zero-order valence-corrected chi connectivity index (χ0v) is 12.5. The molecule has 3 rings (SSSR count). The van der Waals surface area contributed by atoms with Crippen LogP contribution < -0.4 is 5.56 Å². The van der Waals surface area contributed by atoms with Crippen molar-refractivity contribution >= 4 is 33.8 Å². The molecule has 3 heterocycles. The number of likely N-dealkylation sites (tertiary alicyclic amines) is 1. The van der Waals surface area contributed by atoms with Crippen molar-refractivity contribution in [1.29, 1.82) is 0 Å². The van der Waals surface area contributed by atoms with E-state index in [1.54, 1.807) is 4.57 Å². The number of nitrogens with one attached hydrogen (secondary N) is 1. The summed E-state index contributed by atoms with van der Waals surface area (Å²) in [5.41, 5.74) is 0.0493. The van der Waals surface area contributed by atoms with Gasteiger partial charge in [0.15, 0.2) is 4.77 Å². The van der Waals surface area contributed by atoms with Crippen molar-refractivity contribution in [3.63, 3.8) is 0 Å². The molecule has 1 aliphatic heterocycles. The zero-order chi connectivity index (χ0) is 13.4. The molecule has 0 radical (unpaired) electrons. The molecule has 2 aromatic heterocycles. The molecule has 0 saturated carbocycles. The Labute approximate surface area is 120 Å². The van der Waals surface area contributed by atoms with Crippen molar-refractivity contribution < 1.29 is 0 Å². The van der Waals surface area contributed by atoms with Gasteiger partial charge in [0.25, 0.3) is 5.56 Å². The molecular formula is C13H17N3OS2. The predicted molar refractivity (Wildman–Crippen MR) is 81.5 cm³/mol. The molecule has 0 spiro atoms. The van der Waals surface area contributed by atoms with Gasteiger partial charge < -0.3 is 9.88 Å². The van der Waals surface area contributed by atoms with Crippen LogP contribution in [0.15, 0.2) is 16.2 Å². The minimum atomic E-state index is 0.0493. The molecular weight excluding hydrogens is 278 g/mol. The van der Waals surface area contributed by atoms with E-state index in [0.29, 0.717) is 10.7 Å². The molecule has 0 bridgehead atoms. The minimum Gasteiger partial charge on any atom is -0.323 e. The summed E-state index contributed by atoms with van der Waals surface area (Å²) in [5.74, 6) is 0.516. The molecule has 6 heteroatoms. The van der Waals surface area contributed by atoms with Crippen molar-refractivity contribution in [1.82, 2.24) is 14.5 Å². The topological polar surface area (TPSA) is 41.0 Å². The van der Waals surface area contributed by atoms with Gasteiger partial charge in [0.2, 0.25) is 0 Å². The third kappa shape index (κ3) is 2.52. The SMILES string of the molecule is CN1CCCC(Cn2c(=S)[nH]c3sccc3c2=O)C1. The number of hydrogen-bond donors (Lipinski definition) is 1. The lowest BCUT2D eigenvalue weighted by molar-refractivity contribution is 0.193. The van der Waals surface area contributed by atoms with E-state index in [9.17, 15) is 4.79 Å². The van der Waals surface area contributed by atoms with E-state index in [1.807, 2.05) is 11.4 Å². The Morgan fingerprint density at radius 3 is 3.21 bits per heavy atom. The van der Waals surface area contributed by atoms with Gasteiger partial charge in [0.05, 0.1) is 5.39 Å². The summed E-state index contributed by atoms with van der Waals surface area (Å²) < 4.78 is 2.28. The Bertz CT molecular complexity index is 700. The summed E-state index contributed by atoms with van der Waals surface area (Å²) >= 11 is 6.86. The number of fused-ring (bicyclic) bond motifs is 1. The van der Waals surface area contributed by atoms with Crippen LogP contribution in [0.4, 0.5) is 0 Å². The number of aromatic nitrogens is 2. The van der Waals surface area contributed by atoms with Crippen LogP contribution in [0.3, 0.4) is 0 Å². The Hall–Kier alpha value is -0.980. The Balaban J connectivity index is 1.96. The molecule has 1 unspecified atom stereocenters. The average molecular weight is 295 g/mol. The molecule has 1 atom stereocenters. The molecule has 1 aliphatic rings. The maximum atomic E-state index is 12.4. The van der Waals surface area contributed by atoms with Crippen LogP contribution in [0.25, 0.3) is 10.2 Å². The maximum absolute atomic E-state index is 12.4. The number of thiophene rings is 1. The number of piperidine rings is 1. The first kappa shape index (κ1) is 13.0. The highest BCUT2D eigenvalue weighted by atomic mass is 32.1. The van der Waals surface area contributed by atoms with Crippen LogP contribution in [-0.2, 0) is 6.54 Å². The van der Waals surface area contributed by atoms with Crippen molar-refractivity contribution in [3.8, 4) is 0 Å². The smallest absolute Gasteiger partial charge is 0.263 e. The lowest BCUT2D eigenvalue weighted by Crippen LogP contribution is -2.36. The van der Waals surface area contributed by atoms with Crippen LogP contribution in [-0.4, -0.2) is 34.6 Å². The molecule has 2 aromatic rings. The fourth-order valence-corrected chi connectivity index (χ4v) is 3.93. The fourth-order valence-electron chi connectivity index (χ4n) is 2.82. The van der Waals surface area contributed by atoms with Gasteiger partial charge in [-0.2, -0.15) is 0 Å². The van der Waals surface area contributed by atoms with Gasteiger partial charge >= 0.3 is 0 Å². The molecule has 1 fully saturated rings. The van der Waals surface area contributed by atoms with E-state index in [0.717, 1.165) is 29.9 Å². The molecule has 19 heavy (non-hydrogen) atoms. The monoisotopic (exact) mass is 295 g/mol. The number of H-pyrrole nitrogens is 1. The van der Waals surface area contributed by atoms with Gasteiger partial charge in [-0.15, -0.1) is 11.3 Å². The highest BCUT2D eigenvalue weighted by molar-refractivity contribution is 7.71. The van der Waals surface area contributed by atoms with Crippen molar-refractivity contribution in [2.24, 2.45) is 5.92 Å². The zero-order valence-electron chi connectivity index (χ0n) is 10.9. The van der Waals surface area contributed by atoms with Gasteiger partial charge in [0, 0.05) is 13.1 Å². The average Bonchev–Trinajstić information content (AvgIpc) is 2.83. The van der Waals surface area contributed by atoms with E-state index in [4.69, 9.17) is 12.2 Å². The standard InChI is InChI=1S/C13H17N3OS2/c1-15-5-2-3-9(7-15)8-16-12(17)10-4-6-19-11(10)14-13(16)18/h4,6,9H,2-3,5,7-8H2,1H3,(H,14,18). The van der Waals surface area contributed by atoms with E-state index >= 15 is 0 Å². The predicted octanol–water partition coefficient (Wildman–Crippen LogP) is 2.46. The summed E-state index contributed by atoms with van der Waals surface area (Å²) in [6.07, 6.45) is 2.38. The Morgan fingerprint density at radius 1 is 1.58 bits per heavy atom. The van der Waals surface area contributed by atoms with E-state index in [-0.39, 0.29) is 5.56 Å². The van der Waals surface area contributed by atoms with Gasteiger partial charge in [-0.3, -0.25) is 9.36 Å². The van der Waals surface area contributed by atoms with E-state index < -0.39 is 0 Å². The summed E-state index contributed by atoms with van der Waals surface area (Å²) in [5, 5.41) is 2.68. The number of rotatable bonds is 2. The number of hydrogen-bond acceptors (Lipinski definition) is 4. The summed E-state index contributed by atoms with van der Waals surface area (Å²) in [6, 6.07) is 1.87. The second-order valence-electron chi connectivity index (χ2n) is 5.28. The van der Waals surface area contributed by atoms with E-state index in [2.05, 4.69) is 16.9 Å². The first-order chi connectivity index (χ1) is 9.15. The first-order valence-corrected chi connectivity index (χ1v) is 7.83. The van der Waals surface area contributed by atoms with Crippen molar-refractivity contribution in [2.75, 3.05) is 20.1 Å². The molecule has 4 nitrogen and oxygen atoms in total. The fraction of sp³-hybridized carbons (Fsp3) is 0.538. The van der Waals surface area contributed by atoms with Gasteiger partial charge in [-0.05, 0) is 56.0 Å². The van der Waals surface area contributed by atoms with Crippen LogP contribution >= 0.6 is 23.6 Å². The van der Waals surface area contributed by atoms with Crippen LogP contribution in [0, 0.1) is 10.7 Å². The van der Waals surface area contributed by atoms with Crippen molar-refractivity contribution in [3.05, 3.63) is 26.6 Å². The maximum Gasteiger partial charge on any atom is 0.263 e. The van der Waals surface area contributed by atoms with Crippen LogP contribution in [0.2, 0.25) is 0 Å². The second kappa shape index (κ2) is 5.19. The van der Waals surface area contributed by atoms with E-state index in [1.165, 1.54) is 24.2 Å². The lowest BCUT2D eigenvalue weighted by Gasteiger charge is -2.29. The minimum absolute atomic E-state index is 0.0493. The Kier molecular flexibility index (Phi) is 3.56. The molecule has 1 N–H and O–H groups in total.